The summed E-state index contributed by atoms with van der Waals surface area (Å²) in [6.45, 7) is 0. The number of halogens is 1. The van der Waals surface area contributed by atoms with E-state index in [-0.39, 0.29) is 0 Å². The van der Waals surface area contributed by atoms with Crippen LogP contribution in [0.15, 0.2) is 24.5 Å². The third-order valence-electron chi connectivity index (χ3n) is 3.14. The zero-order valence-corrected chi connectivity index (χ0v) is 12.4. The first-order chi connectivity index (χ1) is 9.56. The molecule has 6 heteroatoms. The SMILES string of the molecule is COc1cc(C(O)Cc2nccn2C)cc(Cl)c1OC. The number of hydrogen-bond donors (Lipinski definition) is 1. The minimum Gasteiger partial charge on any atom is -0.493 e. The van der Waals surface area contributed by atoms with Crippen molar-refractivity contribution in [2.45, 2.75) is 12.5 Å². The lowest BCUT2D eigenvalue weighted by Crippen LogP contribution is -2.07. The zero-order chi connectivity index (χ0) is 14.7. The van der Waals surface area contributed by atoms with Crippen molar-refractivity contribution in [2.75, 3.05) is 14.2 Å². The van der Waals surface area contributed by atoms with E-state index in [0.29, 0.717) is 28.5 Å². The minimum absolute atomic E-state index is 0.398. The summed E-state index contributed by atoms with van der Waals surface area (Å²) in [7, 11) is 4.94. The van der Waals surface area contributed by atoms with Crippen molar-refractivity contribution in [3.8, 4) is 11.5 Å². The van der Waals surface area contributed by atoms with Gasteiger partial charge in [0.05, 0.1) is 25.3 Å². The molecule has 2 rings (SSSR count). The fourth-order valence-electron chi connectivity index (χ4n) is 2.01. The molecule has 5 nitrogen and oxygen atoms in total. The summed E-state index contributed by atoms with van der Waals surface area (Å²) in [5.41, 5.74) is 0.663. The van der Waals surface area contributed by atoms with Gasteiger partial charge in [0.1, 0.15) is 5.82 Å². The van der Waals surface area contributed by atoms with Crippen molar-refractivity contribution in [3.63, 3.8) is 0 Å². The molecule has 1 N–H and O–H groups in total. The number of aromatic nitrogens is 2. The molecule has 20 heavy (non-hydrogen) atoms. The maximum Gasteiger partial charge on any atom is 0.179 e. The summed E-state index contributed by atoms with van der Waals surface area (Å²) in [6.07, 6.45) is 3.22. The number of aliphatic hydroxyl groups excluding tert-OH is 1. The fourth-order valence-corrected chi connectivity index (χ4v) is 2.31. The van der Waals surface area contributed by atoms with E-state index in [1.165, 1.54) is 14.2 Å². The molecule has 0 spiro atoms. The summed E-state index contributed by atoms with van der Waals surface area (Å²) in [6, 6.07) is 3.40. The second-order valence-electron chi connectivity index (χ2n) is 4.41. The van der Waals surface area contributed by atoms with Crippen LogP contribution in [0.3, 0.4) is 0 Å². The topological polar surface area (TPSA) is 56.5 Å². The van der Waals surface area contributed by atoms with Gasteiger partial charge < -0.3 is 19.1 Å². The molecule has 0 radical (unpaired) electrons. The minimum atomic E-state index is -0.714. The molecule has 0 bridgehead atoms. The average Bonchev–Trinajstić information content (AvgIpc) is 2.83. The standard InChI is InChI=1S/C14H17ClN2O3/c1-17-5-4-16-13(17)8-11(18)9-6-10(15)14(20-3)12(7-9)19-2/h4-7,11,18H,8H2,1-3H3. The van der Waals surface area contributed by atoms with Crippen LogP contribution in [0.4, 0.5) is 0 Å². The summed E-state index contributed by atoms with van der Waals surface area (Å²) in [5, 5.41) is 10.7. The van der Waals surface area contributed by atoms with Gasteiger partial charge >= 0.3 is 0 Å². The predicted molar refractivity (Wildman–Crippen MR) is 76.4 cm³/mol. The molecule has 0 saturated carbocycles. The van der Waals surface area contributed by atoms with E-state index in [0.717, 1.165) is 5.82 Å². The number of hydrogen-bond acceptors (Lipinski definition) is 4. The quantitative estimate of drug-likeness (QED) is 0.920. The summed E-state index contributed by atoms with van der Waals surface area (Å²) in [5.74, 6) is 1.75. The van der Waals surface area contributed by atoms with Crippen LogP contribution in [0.2, 0.25) is 5.02 Å². The number of aryl methyl sites for hydroxylation is 1. The zero-order valence-electron chi connectivity index (χ0n) is 11.6. The van der Waals surface area contributed by atoms with Crippen LogP contribution in [0.25, 0.3) is 0 Å². The van der Waals surface area contributed by atoms with Gasteiger partial charge in [0.25, 0.3) is 0 Å². The first-order valence-corrected chi connectivity index (χ1v) is 6.50. The Bertz CT molecular complexity index is 598. The van der Waals surface area contributed by atoms with Crippen LogP contribution < -0.4 is 9.47 Å². The number of ether oxygens (including phenoxy) is 2. The Labute approximate surface area is 122 Å². The van der Waals surface area contributed by atoms with Crippen LogP contribution in [-0.2, 0) is 13.5 Å². The highest BCUT2D eigenvalue weighted by molar-refractivity contribution is 6.32. The number of imidazole rings is 1. The van der Waals surface area contributed by atoms with Crippen LogP contribution in [-0.4, -0.2) is 28.9 Å². The van der Waals surface area contributed by atoms with Crippen molar-refractivity contribution >= 4 is 11.6 Å². The molecular weight excluding hydrogens is 280 g/mol. The Morgan fingerprint density at radius 3 is 2.65 bits per heavy atom. The van der Waals surface area contributed by atoms with Crippen molar-refractivity contribution in [2.24, 2.45) is 7.05 Å². The predicted octanol–water partition coefficient (Wildman–Crippen LogP) is 2.37. The maximum atomic E-state index is 10.3. The number of rotatable bonds is 5. The molecule has 108 valence electrons. The molecule has 0 aliphatic heterocycles. The van der Waals surface area contributed by atoms with Gasteiger partial charge in [-0.15, -0.1) is 0 Å². The molecule has 2 aromatic rings. The second-order valence-corrected chi connectivity index (χ2v) is 4.82. The van der Waals surface area contributed by atoms with Crippen molar-refractivity contribution in [3.05, 3.63) is 40.9 Å². The van der Waals surface area contributed by atoms with E-state index in [9.17, 15) is 5.11 Å². The van der Waals surface area contributed by atoms with E-state index in [2.05, 4.69) is 4.98 Å². The smallest absolute Gasteiger partial charge is 0.179 e. The highest BCUT2D eigenvalue weighted by Gasteiger charge is 2.17. The molecule has 0 amide bonds. The van der Waals surface area contributed by atoms with E-state index < -0.39 is 6.10 Å². The normalized spacial score (nSPS) is 12.2. The first kappa shape index (κ1) is 14.7. The van der Waals surface area contributed by atoms with E-state index in [1.54, 1.807) is 18.3 Å². The Morgan fingerprint density at radius 1 is 1.35 bits per heavy atom. The lowest BCUT2D eigenvalue weighted by molar-refractivity contribution is 0.174. The van der Waals surface area contributed by atoms with Crippen LogP contribution in [0, 0.1) is 0 Å². The molecule has 1 heterocycles. The van der Waals surface area contributed by atoms with Crippen molar-refractivity contribution < 1.29 is 14.6 Å². The molecule has 1 aromatic carbocycles. The molecule has 0 aliphatic rings. The van der Waals surface area contributed by atoms with Gasteiger partial charge in [0, 0.05) is 25.9 Å². The fraction of sp³-hybridized carbons (Fsp3) is 0.357. The summed E-state index contributed by atoms with van der Waals surface area (Å²) < 4.78 is 12.3. The molecular formula is C14H17ClN2O3. The molecule has 0 saturated heterocycles. The van der Waals surface area contributed by atoms with Crippen LogP contribution in [0.1, 0.15) is 17.5 Å². The van der Waals surface area contributed by atoms with Gasteiger partial charge in [-0.2, -0.15) is 0 Å². The number of aliphatic hydroxyl groups is 1. The lowest BCUT2D eigenvalue weighted by Gasteiger charge is -2.15. The van der Waals surface area contributed by atoms with E-state index in [4.69, 9.17) is 21.1 Å². The van der Waals surface area contributed by atoms with Gasteiger partial charge in [0.2, 0.25) is 0 Å². The molecule has 1 aromatic heterocycles. The highest BCUT2D eigenvalue weighted by Crippen LogP contribution is 2.38. The Morgan fingerprint density at radius 2 is 2.10 bits per heavy atom. The first-order valence-electron chi connectivity index (χ1n) is 6.12. The summed E-state index contributed by atoms with van der Waals surface area (Å²) >= 11 is 6.13. The molecule has 1 atom stereocenters. The average molecular weight is 297 g/mol. The Kier molecular flexibility index (Phi) is 4.52. The number of nitrogens with zero attached hydrogens (tertiary/aromatic N) is 2. The van der Waals surface area contributed by atoms with Crippen molar-refractivity contribution in [1.82, 2.24) is 9.55 Å². The third kappa shape index (κ3) is 2.89. The van der Waals surface area contributed by atoms with E-state index in [1.807, 2.05) is 17.8 Å². The lowest BCUT2D eigenvalue weighted by atomic mass is 10.1. The van der Waals surface area contributed by atoms with Crippen molar-refractivity contribution in [1.29, 1.82) is 0 Å². The maximum absolute atomic E-state index is 10.3. The monoisotopic (exact) mass is 296 g/mol. The van der Waals surface area contributed by atoms with E-state index >= 15 is 0 Å². The largest absolute Gasteiger partial charge is 0.493 e. The highest BCUT2D eigenvalue weighted by atomic mass is 35.5. The second kappa shape index (κ2) is 6.15. The number of methoxy groups -OCH3 is 2. The van der Waals surface area contributed by atoms with Gasteiger partial charge in [-0.1, -0.05) is 11.6 Å². The van der Waals surface area contributed by atoms with Crippen LogP contribution in [0.5, 0.6) is 11.5 Å². The summed E-state index contributed by atoms with van der Waals surface area (Å²) in [4.78, 5) is 4.19. The Hall–Kier alpha value is -1.72. The Balaban J connectivity index is 2.28. The molecule has 0 fully saturated rings. The number of benzene rings is 1. The van der Waals surface area contributed by atoms with Gasteiger partial charge in [0.15, 0.2) is 11.5 Å². The third-order valence-corrected chi connectivity index (χ3v) is 3.42. The van der Waals surface area contributed by atoms with Gasteiger partial charge in [-0.05, 0) is 17.7 Å². The molecule has 1 unspecified atom stereocenters. The van der Waals surface area contributed by atoms with Crippen LogP contribution >= 0.6 is 11.6 Å². The van der Waals surface area contributed by atoms with Gasteiger partial charge in [-0.3, -0.25) is 0 Å². The van der Waals surface area contributed by atoms with Gasteiger partial charge in [-0.25, -0.2) is 4.98 Å². The molecule has 0 aliphatic carbocycles.